The van der Waals surface area contributed by atoms with Gasteiger partial charge in [-0.1, -0.05) is 0 Å². The van der Waals surface area contributed by atoms with Gasteiger partial charge in [-0.05, 0) is 19.3 Å². The Labute approximate surface area is 124 Å². The number of carbonyl (C=O) groups is 1. The Balaban J connectivity index is 0.00000121. The summed E-state index contributed by atoms with van der Waals surface area (Å²) in [4.78, 5) is 23.9. The molecule has 0 spiro atoms. The van der Waals surface area contributed by atoms with Crippen LogP contribution in [-0.4, -0.2) is 35.9 Å². The molecule has 2 fully saturated rings. The quantitative estimate of drug-likeness (QED) is 0.553. The van der Waals surface area contributed by atoms with Gasteiger partial charge in [-0.2, -0.15) is 0 Å². The standard InChI is InChI=1S/C14H16N4O.ClH/c19-13-4-3-11-2-1-10(8-18(11)13)14-12-7-15-5-6-17(12)9-16-14;/h5-7,9-11H,1-4,8H2;1H. The number of aliphatic imine (C=N–C) groups is 2. The van der Waals surface area contributed by atoms with E-state index in [2.05, 4.69) is 14.9 Å². The fourth-order valence-electron chi connectivity index (χ4n) is 3.56. The zero-order valence-corrected chi connectivity index (χ0v) is 11.9. The molecule has 20 heavy (non-hydrogen) atoms. The van der Waals surface area contributed by atoms with Crippen LogP contribution in [0.2, 0.25) is 0 Å². The first-order valence-electron chi connectivity index (χ1n) is 6.97. The number of hydrogen-bond acceptors (Lipinski definition) is 3. The summed E-state index contributed by atoms with van der Waals surface area (Å²) in [7, 11) is 0. The fourth-order valence-corrected chi connectivity index (χ4v) is 3.56. The van der Waals surface area contributed by atoms with Crippen LogP contribution in [0.4, 0.5) is 0 Å². The number of quaternary nitrogens is 1. The molecule has 6 heteroatoms. The minimum absolute atomic E-state index is 0. The second kappa shape index (κ2) is 5.14. The lowest BCUT2D eigenvalue weighted by Gasteiger charge is -2.34. The Morgan fingerprint density at radius 3 is 3.10 bits per heavy atom. The highest BCUT2D eigenvalue weighted by Crippen LogP contribution is 2.34. The van der Waals surface area contributed by atoms with Crippen molar-refractivity contribution in [1.29, 1.82) is 0 Å². The van der Waals surface area contributed by atoms with Gasteiger partial charge in [-0.25, -0.2) is 9.89 Å². The molecule has 4 aliphatic rings. The summed E-state index contributed by atoms with van der Waals surface area (Å²) in [6.07, 6.45) is 11.6. The molecule has 1 amide bonds. The van der Waals surface area contributed by atoms with Gasteiger partial charge in [0.05, 0.1) is 12.4 Å². The molecule has 106 valence electrons. The second-order valence-corrected chi connectivity index (χ2v) is 5.62. The molecule has 0 aromatic rings. The van der Waals surface area contributed by atoms with E-state index >= 15 is 0 Å². The molecule has 5 nitrogen and oxygen atoms in total. The lowest BCUT2D eigenvalue weighted by Crippen LogP contribution is -3.04. The zero-order chi connectivity index (χ0) is 12.8. The highest BCUT2D eigenvalue weighted by Gasteiger charge is 2.40. The summed E-state index contributed by atoms with van der Waals surface area (Å²) in [6.45, 7) is 0.838. The van der Waals surface area contributed by atoms with Crippen molar-refractivity contribution in [3.05, 3.63) is 23.8 Å². The Morgan fingerprint density at radius 2 is 2.20 bits per heavy atom. The third kappa shape index (κ3) is 2.01. The van der Waals surface area contributed by atoms with Crippen LogP contribution in [0, 0.1) is 5.92 Å². The van der Waals surface area contributed by atoms with Gasteiger partial charge in [0.2, 0.25) is 5.91 Å². The Bertz CT molecular complexity index is 551. The van der Waals surface area contributed by atoms with Gasteiger partial charge in [0, 0.05) is 24.9 Å². The molecule has 0 aliphatic carbocycles. The number of carbonyl (C=O) groups excluding carboxylic acids is 1. The van der Waals surface area contributed by atoms with E-state index in [1.54, 1.807) is 6.20 Å². The maximum Gasteiger partial charge on any atom is 0.222 e. The van der Waals surface area contributed by atoms with Crippen LogP contribution in [0.25, 0.3) is 0 Å². The number of hydrogen-bond donors (Lipinski definition) is 1. The lowest BCUT2D eigenvalue weighted by molar-refractivity contribution is -0.682. The molecule has 4 heterocycles. The molecule has 0 aromatic carbocycles. The van der Waals surface area contributed by atoms with Gasteiger partial charge in [0.25, 0.3) is 0 Å². The van der Waals surface area contributed by atoms with Crippen LogP contribution in [0.5, 0.6) is 0 Å². The monoisotopic (exact) mass is 292 g/mol. The molecular formula is C14H17ClN4O. The molecule has 3 atom stereocenters. The average molecular weight is 293 g/mol. The molecular weight excluding hydrogens is 276 g/mol. The molecule has 3 unspecified atom stereocenters. The Morgan fingerprint density at radius 1 is 1.30 bits per heavy atom. The van der Waals surface area contributed by atoms with Crippen molar-refractivity contribution < 1.29 is 22.1 Å². The van der Waals surface area contributed by atoms with Crippen molar-refractivity contribution in [3.8, 4) is 0 Å². The van der Waals surface area contributed by atoms with Crippen LogP contribution >= 0.6 is 0 Å². The maximum atomic E-state index is 11.9. The van der Waals surface area contributed by atoms with Crippen LogP contribution in [0.1, 0.15) is 25.7 Å². The van der Waals surface area contributed by atoms with Gasteiger partial charge in [-0.15, -0.1) is 0 Å². The van der Waals surface area contributed by atoms with Crippen LogP contribution in [0.3, 0.4) is 0 Å². The van der Waals surface area contributed by atoms with Crippen LogP contribution in [0.15, 0.2) is 33.8 Å². The van der Waals surface area contributed by atoms with E-state index in [-0.39, 0.29) is 12.4 Å². The van der Waals surface area contributed by atoms with Crippen molar-refractivity contribution in [2.24, 2.45) is 15.9 Å². The van der Waals surface area contributed by atoms with Crippen molar-refractivity contribution in [2.75, 3.05) is 6.54 Å². The molecule has 2 saturated heterocycles. The molecule has 4 rings (SSSR count). The second-order valence-electron chi connectivity index (χ2n) is 5.62. The molecule has 0 radical (unpaired) electrons. The maximum absolute atomic E-state index is 11.9. The minimum Gasteiger partial charge on any atom is -1.00 e. The molecule has 4 aliphatic heterocycles. The van der Waals surface area contributed by atoms with E-state index in [9.17, 15) is 4.79 Å². The fraction of sp³-hybridized carbons (Fsp3) is 0.500. The van der Waals surface area contributed by atoms with Gasteiger partial charge in [0.15, 0.2) is 12.0 Å². The summed E-state index contributed by atoms with van der Waals surface area (Å²) >= 11 is 0. The number of nitrogens with one attached hydrogen (secondary N) is 1. The number of fused-ring (bicyclic) bond motifs is 2. The first-order chi connectivity index (χ1) is 9.33. The zero-order valence-electron chi connectivity index (χ0n) is 11.1. The number of halogens is 1. The normalized spacial score (nSPS) is 34.3. The van der Waals surface area contributed by atoms with E-state index in [1.165, 1.54) is 0 Å². The van der Waals surface area contributed by atoms with Crippen molar-refractivity contribution in [3.63, 3.8) is 0 Å². The van der Waals surface area contributed by atoms with Gasteiger partial charge in [-0.3, -0.25) is 9.79 Å². The first kappa shape index (κ1) is 13.5. The Hall–Kier alpha value is -1.46. The number of piperidine rings is 1. The highest BCUT2D eigenvalue weighted by atomic mass is 35.5. The number of nitrogens with zero attached hydrogens (tertiary/aromatic N) is 3. The topological polar surface area (TPSA) is 49.5 Å². The number of allylic oxidation sites excluding steroid dienone is 1. The number of rotatable bonds is 1. The van der Waals surface area contributed by atoms with Crippen LogP contribution < -0.4 is 17.3 Å². The minimum atomic E-state index is 0. The van der Waals surface area contributed by atoms with E-state index < -0.39 is 0 Å². The summed E-state index contributed by atoms with van der Waals surface area (Å²) < 4.78 is 0. The first-order valence-corrected chi connectivity index (χ1v) is 6.97. The molecule has 0 aromatic heterocycles. The molecule has 0 bridgehead atoms. The van der Waals surface area contributed by atoms with E-state index in [1.807, 2.05) is 18.8 Å². The third-order valence-electron chi connectivity index (χ3n) is 4.58. The average Bonchev–Trinajstić information content (AvgIpc) is 3.03. The SMILES string of the molecule is O=C1CCC2CCC(C3=C4C=NC=C[NH+]4C=N3)CN12.[Cl-]. The van der Waals surface area contributed by atoms with Gasteiger partial charge in [0.1, 0.15) is 11.9 Å². The van der Waals surface area contributed by atoms with Crippen molar-refractivity contribution >= 4 is 18.5 Å². The summed E-state index contributed by atoms with van der Waals surface area (Å²) in [5.41, 5.74) is 2.28. The highest BCUT2D eigenvalue weighted by molar-refractivity contribution is 5.82. The molecule has 1 N–H and O–H groups in total. The summed E-state index contributed by atoms with van der Waals surface area (Å²) in [5, 5.41) is 0. The number of amides is 1. The van der Waals surface area contributed by atoms with Gasteiger partial charge >= 0.3 is 0 Å². The Kier molecular flexibility index (Phi) is 3.48. The largest absolute Gasteiger partial charge is 1.00 e. The summed E-state index contributed by atoms with van der Waals surface area (Å²) in [6, 6.07) is 0.489. The van der Waals surface area contributed by atoms with E-state index in [0.29, 0.717) is 17.9 Å². The predicted octanol–water partition coefficient (Wildman–Crippen LogP) is -2.91. The van der Waals surface area contributed by atoms with Crippen LogP contribution in [-0.2, 0) is 4.79 Å². The molecule has 0 saturated carbocycles. The smallest absolute Gasteiger partial charge is 0.222 e. The predicted molar refractivity (Wildman–Crippen MR) is 71.6 cm³/mol. The van der Waals surface area contributed by atoms with Crippen molar-refractivity contribution in [2.45, 2.75) is 31.7 Å². The lowest BCUT2D eigenvalue weighted by atomic mass is 9.90. The van der Waals surface area contributed by atoms with E-state index in [0.717, 1.165) is 48.5 Å². The third-order valence-corrected chi connectivity index (χ3v) is 4.58. The van der Waals surface area contributed by atoms with Gasteiger partial charge < -0.3 is 17.3 Å². The van der Waals surface area contributed by atoms with E-state index in [4.69, 9.17) is 0 Å². The van der Waals surface area contributed by atoms with Crippen molar-refractivity contribution in [1.82, 2.24) is 4.90 Å². The summed E-state index contributed by atoms with van der Waals surface area (Å²) in [5.74, 6) is 0.698.